The zero-order valence-electron chi connectivity index (χ0n) is 15.1. The van der Waals surface area contributed by atoms with E-state index in [0.717, 1.165) is 29.8 Å². The molecule has 132 valence electrons. The summed E-state index contributed by atoms with van der Waals surface area (Å²) in [6, 6.07) is 7.49. The van der Waals surface area contributed by atoms with E-state index in [4.69, 9.17) is 9.47 Å². The number of aromatic nitrogens is 1. The minimum absolute atomic E-state index is 0.174. The highest BCUT2D eigenvalue weighted by atomic mass is 16.5. The monoisotopic (exact) mass is 341 g/mol. The Morgan fingerprint density at radius 1 is 1.16 bits per heavy atom. The van der Waals surface area contributed by atoms with E-state index >= 15 is 0 Å². The fourth-order valence-electron chi connectivity index (χ4n) is 3.19. The second-order valence-electron chi connectivity index (χ2n) is 6.57. The third-order valence-corrected chi connectivity index (χ3v) is 4.67. The van der Waals surface area contributed by atoms with Gasteiger partial charge in [0, 0.05) is 23.0 Å². The highest BCUT2D eigenvalue weighted by Gasteiger charge is 2.28. The zero-order chi connectivity index (χ0) is 18.1. The zero-order valence-corrected chi connectivity index (χ0v) is 15.1. The number of Topliss-reactive ketones (excluding diaryl/α,β-unsaturated/α-hetero) is 1. The maximum absolute atomic E-state index is 12.5. The standard InChI is InChI=1S/C20H23NO4/c1-12-5-6-15(10-19(12)24-4)20(23)25-11-18(22)17-9-13(2)21(14(17)3)16-7-8-16/h5-6,9-10,16H,7-8,11H2,1-4H3. The van der Waals surface area contributed by atoms with Crippen LogP contribution in [0, 0.1) is 20.8 Å². The molecular formula is C20H23NO4. The highest BCUT2D eigenvalue weighted by molar-refractivity contribution is 6.00. The predicted molar refractivity (Wildman–Crippen MR) is 94.5 cm³/mol. The summed E-state index contributed by atoms with van der Waals surface area (Å²) < 4.78 is 12.6. The number of ether oxygens (including phenoxy) is 2. The number of ketones is 1. The second-order valence-corrected chi connectivity index (χ2v) is 6.57. The Hall–Kier alpha value is -2.56. The average Bonchev–Trinajstić information content (AvgIpc) is 3.38. The van der Waals surface area contributed by atoms with Gasteiger partial charge in [0.1, 0.15) is 5.75 Å². The number of hydrogen-bond donors (Lipinski definition) is 0. The Kier molecular flexibility index (Phi) is 4.66. The fraction of sp³-hybridized carbons (Fsp3) is 0.400. The van der Waals surface area contributed by atoms with Crippen LogP contribution < -0.4 is 4.74 Å². The first-order chi connectivity index (χ1) is 11.9. The first kappa shape index (κ1) is 17.3. The van der Waals surface area contributed by atoms with Crippen molar-refractivity contribution in [2.75, 3.05) is 13.7 Å². The molecule has 0 amide bonds. The molecule has 25 heavy (non-hydrogen) atoms. The average molecular weight is 341 g/mol. The second kappa shape index (κ2) is 6.75. The Balaban J connectivity index is 1.68. The molecule has 1 saturated carbocycles. The van der Waals surface area contributed by atoms with E-state index < -0.39 is 5.97 Å². The number of carbonyl (C=O) groups excluding carboxylic acids is 2. The molecule has 0 atom stereocenters. The molecule has 0 unspecified atom stereocenters. The molecule has 0 spiro atoms. The molecule has 0 aliphatic heterocycles. The van der Waals surface area contributed by atoms with Gasteiger partial charge >= 0.3 is 5.97 Å². The minimum Gasteiger partial charge on any atom is -0.496 e. The Bertz CT molecular complexity index is 830. The van der Waals surface area contributed by atoms with Crippen LogP contribution >= 0.6 is 0 Å². The van der Waals surface area contributed by atoms with Gasteiger partial charge in [-0.25, -0.2) is 4.79 Å². The molecule has 3 rings (SSSR count). The van der Waals surface area contributed by atoms with Gasteiger partial charge in [-0.15, -0.1) is 0 Å². The largest absolute Gasteiger partial charge is 0.496 e. The molecule has 5 heteroatoms. The number of rotatable bonds is 6. The van der Waals surface area contributed by atoms with E-state index in [1.165, 1.54) is 0 Å². The number of benzene rings is 1. The van der Waals surface area contributed by atoms with Gasteiger partial charge in [0.15, 0.2) is 6.61 Å². The molecule has 1 aliphatic rings. The number of esters is 1. The Morgan fingerprint density at radius 2 is 1.88 bits per heavy atom. The van der Waals surface area contributed by atoms with Crippen LogP contribution in [0.1, 0.15) is 56.6 Å². The molecule has 0 N–H and O–H groups in total. The summed E-state index contributed by atoms with van der Waals surface area (Å²) in [5.74, 6) is -0.0798. The van der Waals surface area contributed by atoms with E-state index in [1.807, 2.05) is 26.8 Å². The van der Waals surface area contributed by atoms with Crippen molar-refractivity contribution in [2.24, 2.45) is 0 Å². The Morgan fingerprint density at radius 3 is 2.52 bits per heavy atom. The van der Waals surface area contributed by atoms with E-state index in [9.17, 15) is 9.59 Å². The summed E-state index contributed by atoms with van der Waals surface area (Å²) in [4.78, 5) is 24.7. The summed E-state index contributed by atoms with van der Waals surface area (Å²) in [7, 11) is 1.55. The van der Waals surface area contributed by atoms with Gasteiger partial charge in [-0.1, -0.05) is 6.07 Å². The normalized spacial score (nSPS) is 13.6. The Labute approximate surface area is 147 Å². The molecular weight excluding hydrogens is 318 g/mol. The number of methoxy groups -OCH3 is 1. The number of aryl methyl sites for hydroxylation is 2. The van der Waals surface area contributed by atoms with Gasteiger partial charge in [0.25, 0.3) is 0 Å². The van der Waals surface area contributed by atoms with Crippen LogP contribution in [0.2, 0.25) is 0 Å². The van der Waals surface area contributed by atoms with E-state index in [2.05, 4.69) is 4.57 Å². The molecule has 1 fully saturated rings. The van der Waals surface area contributed by atoms with Crippen LogP contribution in [0.25, 0.3) is 0 Å². The molecule has 0 radical (unpaired) electrons. The molecule has 1 aromatic carbocycles. The summed E-state index contributed by atoms with van der Waals surface area (Å²) in [5, 5.41) is 0. The molecule has 1 aliphatic carbocycles. The van der Waals surface area contributed by atoms with Gasteiger partial charge in [0.05, 0.1) is 12.7 Å². The third-order valence-electron chi connectivity index (χ3n) is 4.67. The van der Waals surface area contributed by atoms with Gasteiger partial charge in [-0.05, 0) is 57.4 Å². The molecule has 0 bridgehead atoms. The van der Waals surface area contributed by atoms with Gasteiger partial charge < -0.3 is 14.0 Å². The van der Waals surface area contributed by atoms with Crippen LogP contribution in [-0.2, 0) is 4.74 Å². The fourth-order valence-corrected chi connectivity index (χ4v) is 3.19. The van der Waals surface area contributed by atoms with Crippen LogP contribution in [0.5, 0.6) is 5.75 Å². The number of hydrogen-bond acceptors (Lipinski definition) is 4. The number of nitrogens with zero attached hydrogens (tertiary/aromatic N) is 1. The van der Waals surface area contributed by atoms with Crippen molar-refractivity contribution in [3.63, 3.8) is 0 Å². The van der Waals surface area contributed by atoms with E-state index in [-0.39, 0.29) is 12.4 Å². The molecule has 0 saturated heterocycles. The topological polar surface area (TPSA) is 57.5 Å². The summed E-state index contributed by atoms with van der Waals surface area (Å²) >= 11 is 0. The lowest BCUT2D eigenvalue weighted by Gasteiger charge is -2.09. The molecule has 1 heterocycles. The van der Waals surface area contributed by atoms with Crippen molar-refractivity contribution < 1.29 is 19.1 Å². The lowest BCUT2D eigenvalue weighted by atomic mass is 10.1. The van der Waals surface area contributed by atoms with Crippen LogP contribution in [-0.4, -0.2) is 30.0 Å². The molecule has 1 aromatic heterocycles. The first-order valence-corrected chi connectivity index (χ1v) is 8.45. The van der Waals surface area contributed by atoms with Crippen molar-refractivity contribution >= 4 is 11.8 Å². The smallest absolute Gasteiger partial charge is 0.338 e. The van der Waals surface area contributed by atoms with Gasteiger partial charge in [0.2, 0.25) is 5.78 Å². The van der Waals surface area contributed by atoms with Crippen molar-refractivity contribution in [3.8, 4) is 5.75 Å². The first-order valence-electron chi connectivity index (χ1n) is 8.45. The number of carbonyl (C=O) groups is 2. The van der Waals surface area contributed by atoms with Crippen LogP contribution in [0.3, 0.4) is 0 Å². The van der Waals surface area contributed by atoms with E-state index in [0.29, 0.717) is 22.9 Å². The maximum atomic E-state index is 12.5. The summed E-state index contributed by atoms with van der Waals surface area (Å²) in [6.45, 7) is 5.59. The third kappa shape index (κ3) is 3.45. The van der Waals surface area contributed by atoms with Crippen LogP contribution in [0.4, 0.5) is 0 Å². The summed E-state index contributed by atoms with van der Waals surface area (Å²) in [5.41, 5.74) is 3.98. The predicted octanol–water partition coefficient (Wildman–Crippen LogP) is 3.80. The van der Waals surface area contributed by atoms with Crippen LogP contribution in [0.15, 0.2) is 24.3 Å². The molecule has 2 aromatic rings. The van der Waals surface area contributed by atoms with Crippen molar-refractivity contribution in [1.82, 2.24) is 4.57 Å². The van der Waals surface area contributed by atoms with Crippen molar-refractivity contribution in [2.45, 2.75) is 39.7 Å². The lowest BCUT2D eigenvalue weighted by molar-refractivity contribution is 0.0474. The highest BCUT2D eigenvalue weighted by Crippen LogP contribution is 2.38. The van der Waals surface area contributed by atoms with Gasteiger partial charge in [-0.3, -0.25) is 4.79 Å². The lowest BCUT2D eigenvalue weighted by Crippen LogP contribution is -2.15. The minimum atomic E-state index is -0.525. The summed E-state index contributed by atoms with van der Waals surface area (Å²) in [6.07, 6.45) is 2.32. The van der Waals surface area contributed by atoms with Crippen molar-refractivity contribution in [3.05, 3.63) is 52.3 Å². The maximum Gasteiger partial charge on any atom is 0.338 e. The van der Waals surface area contributed by atoms with E-state index in [1.54, 1.807) is 25.3 Å². The quantitative estimate of drug-likeness (QED) is 0.592. The molecule has 5 nitrogen and oxygen atoms in total. The SMILES string of the molecule is COc1cc(C(=O)OCC(=O)c2cc(C)n(C3CC3)c2C)ccc1C. The van der Waals surface area contributed by atoms with Gasteiger partial charge in [-0.2, -0.15) is 0 Å². The van der Waals surface area contributed by atoms with Crippen molar-refractivity contribution in [1.29, 1.82) is 0 Å².